The predicted molar refractivity (Wildman–Crippen MR) is 118 cm³/mol. The van der Waals surface area contributed by atoms with Crippen LogP contribution in [0.15, 0.2) is 53.2 Å². The van der Waals surface area contributed by atoms with Crippen molar-refractivity contribution < 1.29 is 14.3 Å². The molecule has 0 radical (unpaired) electrons. The number of nitrogens with one attached hydrogen (secondary N) is 1. The van der Waals surface area contributed by atoms with Crippen LogP contribution in [0.3, 0.4) is 0 Å². The number of hydrogen-bond acceptors (Lipinski definition) is 3. The highest BCUT2D eigenvalue weighted by molar-refractivity contribution is 9.10. The molecule has 0 atom stereocenters. The second kappa shape index (κ2) is 9.22. The molecule has 3 amide bonds. The van der Waals surface area contributed by atoms with E-state index in [1.165, 1.54) is 6.08 Å². The number of amides is 3. The van der Waals surface area contributed by atoms with Gasteiger partial charge in [0.05, 0.1) is 9.50 Å². The molecule has 1 aliphatic rings. The molecule has 1 fully saturated rings. The van der Waals surface area contributed by atoms with Crippen molar-refractivity contribution in [3.8, 4) is 5.75 Å². The maximum Gasteiger partial charge on any atom is 0.329 e. The number of ether oxygens (including phenoxy) is 1. The zero-order chi connectivity index (χ0) is 21.1. The molecule has 29 heavy (non-hydrogen) atoms. The van der Waals surface area contributed by atoms with Crippen molar-refractivity contribution in [3.05, 3.63) is 79.4 Å². The molecule has 1 N–H and O–H groups in total. The van der Waals surface area contributed by atoms with Crippen molar-refractivity contribution in [1.29, 1.82) is 0 Å². The minimum Gasteiger partial charge on any atom is -0.486 e. The molecule has 1 heterocycles. The fourth-order valence-electron chi connectivity index (χ4n) is 2.62. The smallest absolute Gasteiger partial charge is 0.329 e. The summed E-state index contributed by atoms with van der Waals surface area (Å²) in [5.74, 6) is -0.00486. The molecule has 0 bridgehead atoms. The molecule has 5 nitrogen and oxygen atoms in total. The van der Waals surface area contributed by atoms with Crippen LogP contribution in [-0.2, 0) is 11.4 Å². The summed E-state index contributed by atoms with van der Waals surface area (Å²) in [5, 5.41) is 3.89. The number of nitrogens with zero attached hydrogens (tertiary/aromatic N) is 1. The van der Waals surface area contributed by atoms with Crippen LogP contribution < -0.4 is 10.1 Å². The van der Waals surface area contributed by atoms with Crippen LogP contribution in [0, 0.1) is 0 Å². The molecule has 9 heteroatoms. The minimum absolute atomic E-state index is 0.131. The van der Waals surface area contributed by atoms with E-state index in [0.29, 0.717) is 30.9 Å². The molecule has 2 aromatic carbocycles. The number of benzene rings is 2. The fourth-order valence-corrected chi connectivity index (χ4v) is 4.07. The number of carbonyl (C=O) groups excluding carboxylic acids is 2. The second-order valence-corrected chi connectivity index (χ2v) is 8.14. The Morgan fingerprint density at radius 1 is 1.14 bits per heavy atom. The Bertz CT molecular complexity index is 1020. The van der Waals surface area contributed by atoms with Crippen molar-refractivity contribution in [2.75, 3.05) is 6.54 Å². The van der Waals surface area contributed by atoms with E-state index in [9.17, 15) is 9.59 Å². The Morgan fingerprint density at radius 3 is 2.55 bits per heavy atom. The number of hydrogen-bond donors (Lipinski definition) is 1. The first-order chi connectivity index (χ1) is 13.8. The van der Waals surface area contributed by atoms with Gasteiger partial charge in [0, 0.05) is 22.2 Å². The lowest BCUT2D eigenvalue weighted by Gasteiger charge is -2.12. The SMILES string of the molecule is C=CCN1C(=O)N/C(=C/c2cc(Cl)c(OCc3ccc(Cl)cc3Cl)c(Br)c2)C1=O. The van der Waals surface area contributed by atoms with Gasteiger partial charge in [0.25, 0.3) is 5.91 Å². The van der Waals surface area contributed by atoms with E-state index in [-0.39, 0.29) is 18.8 Å². The van der Waals surface area contributed by atoms with Crippen LogP contribution in [0.1, 0.15) is 11.1 Å². The minimum atomic E-state index is -0.494. The number of halogens is 4. The van der Waals surface area contributed by atoms with Crippen LogP contribution in [0.4, 0.5) is 4.79 Å². The van der Waals surface area contributed by atoms with Gasteiger partial charge in [0.15, 0.2) is 5.75 Å². The van der Waals surface area contributed by atoms with Gasteiger partial charge in [-0.3, -0.25) is 9.69 Å². The molecule has 0 unspecified atom stereocenters. The van der Waals surface area contributed by atoms with Gasteiger partial charge >= 0.3 is 6.03 Å². The molecule has 1 saturated heterocycles. The summed E-state index contributed by atoms with van der Waals surface area (Å²) in [4.78, 5) is 25.2. The molecule has 1 aliphatic heterocycles. The summed E-state index contributed by atoms with van der Waals surface area (Å²) in [7, 11) is 0. The Labute approximate surface area is 191 Å². The average Bonchev–Trinajstić information content (AvgIpc) is 2.90. The number of imide groups is 1. The van der Waals surface area contributed by atoms with E-state index in [4.69, 9.17) is 39.5 Å². The molecule has 3 rings (SSSR count). The summed E-state index contributed by atoms with van der Waals surface area (Å²) in [5.41, 5.74) is 1.52. The first-order valence-corrected chi connectivity index (χ1v) is 10.2. The standard InChI is InChI=1S/C20H14BrCl3N2O3/c1-2-5-26-19(27)17(25-20(26)28)8-11-6-14(21)18(16(24)7-11)29-10-12-3-4-13(22)9-15(12)23/h2-4,6-9H,1,5,10H2,(H,25,28)/b17-8+. The van der Waals surface area contributed by atoms with Crippen molar-refractivity contribution in [1.82, 2.24) is 10.2 Å². The molecule has 0 aromatic heterocycles. The summed E-state index contributed by atoms with van der Waals surface area (Å²) in [6.07, 6.45) is 3.02. The molecule has 0 saturated carbocycles. The van der Waals surface area contributed by atoms with Crippen LogP contribution in [-0.4, -0.2) is 23.4 Å². The lowest BCUT2D eigenvalue weighted by Crippen LogP contribution is -2.30. The van der Waals surface area contributed by atoms with Crippen LogP contribution in [0.25, 0.3) is 6.08 Å². The van der Waals surface area contributed by atoms with Gasteiger partial charge in [-0.15, -0.1) is 6.58 Å². The zero-order valence-corrected chi connectivity index (χ0v) is 18.7. The topological polar surface area (TPSA) is 58.6 Å². The van der Waals surface area contributed by atoms with Crippen molar-refractivity contribution >= 4 is 68.7 Å². The largest absolute Gasteiger partial charge is 0.486 e. The summed E-state index contributed by atoms with van der Waals surface area (Å²) in [6, 6.07) is 8.00. The first-order valence-electron chi connectivity index (χ1n) is 8.31. The highest BCUT2D eigenvalue weighted by Crippen LogP contribution is 2.36. The second-order valence-electron chi connectivity index (χ2n) is 6.03. The predicted octanol–water partition coefficient (Wildman–Crippen LogP) is 6.07. The van der Waals surface area contributed by atoms with Gasteiger partial charge < -0.3 is 10.1 Å². The lowest BCUT2D eigenvalue weighted by molar-refractivity contribution is -0.122. The van der Waals surface area contributed by atoms with Gasteiger partial charge in [-0.05, 0) is 51.8 Å². The van der Waals surface area contributed by atoms with Gasteiger partial charge in [-0.2, -0.15) is 0 Å². The molecule has 2 aromatic rings. The van der Waals surface area contributed by atoms with Crippen molar-refractivity contribution in [2.45, 2.75) is 6.61 Å². The van der Waals surface area contributed by atoms with Gasteiger partial charge in [-0.25, -0.2) is 4.79 Å². The highest BCUT2D eigenvalue weighted by atomic mass is 79.9. The van der Waals surface area contributed by atoms with Crippen molar-refractivity contribution in [3.63, 3.8) is 0 Å². The van der Waals surface area contributed by atoms with Crippen LogP contribution in [0.5, 0.6) is 5.75 Å². The van der Waals surface area contributed by atoms with E-state index in [1.807, 2.05) is 0 Å². The van der Waals surface area contributed by atoms with Crippen LogP contribution in [0.2, 0.25) is 15.1 Å². The van der Waals surface area contributed by atoms with E-state index in [0.717, 1.165) is 10.5 Å². The molecule has 150 valence electrons. The lowest BCUT2D eigenvalue weighted by atomic mass is 10.1. The third-order valence-electron chi connectivity index (χ3n) is 3.99. The molecule has 0 spiro atoms. The maximum absolute atomic E-state index is 12.3. The summed E-state index contributed by atoms with van der Waals surface area (Å²) in [6.45, 7) is 3.86. The van der Waals surface area contributed by atoms with E-state index in [2.05, 4.69) is 27.8 Å². The third kappa shape index (κ3) is 4.95. The van der Waals surface area contributed by atoms with Crippen molar-refractivity contribution in [2.24, 2.45) is 0 Å². The number of urea groups is 1. The third-order valence-corrected chi connectivity index (χ3v) is 5.45. The Hall–Kier alpha value is -1.99. The zero-order valence-electron chi connectivity index (χ0n) is 14.8. The summed E-state index contributed by atoms with van der Waals surface area (Å²) < 4.78 is 6.39. The first kappa shape index (κ1) is 21.7. The monoisotopic (exact) mass is 514 g/mol. The normalized spacial score (nSPS) is 15.0. The molecular weight excluding hydrogens is 502 g/mol. The fraction of sp³-hybridized carbons (Fsp3) is 0.100. The number of rotatable bonds is 6. The van der Waals surface area contributed by atoms with E-state index >= 15 is 0 Å². The highest BCUT2D eigenvalue weighted by Gasteiger charge is 2.32. The molecular formula is C20H14BrCl3N2O3. The average molecular weight is 517 g/mol. The van der Waals surface area contributed by atoms with Gasteiger partial charge in [0.2, 0.25) is 0 Å². The van der Waals surface area contributed by atoms with E-state index in [1.54, 1.807) is 36.4 Å². The Morgan fingerprint density at radius 2 is 1.90 bits per heavy atom. The van der Waals surface area contributed by atoms with Crippen LogP contribution >= 0.6 is 50.7 Å². The Kier molecular flexibility index (Phi) is 6.90. The molecule has 0 aliphatic carbocycles. The van der Waals surface area contributed by atoms with Gasteiger partial charge in [-0.1, -0.05) is 46.9 Å². The maximum atomic E-state index is 12.3. The van der Waals surface area contributed by atoms with E-state index < -0.39 is 11.9 Å². The summed E-state index contributed by atoms with van der Waals surface area (Å²) >= 11 is 21.8. The quantitative estimate of drug-likeness (QED) is 0.288. The van der Waals surface area contributed by atoms with Gasteiger partial charge in [0.1, 0.15) is 12.3 Å². The number of carbonyl (C=O) groups is 2. The Balaban J connectivity index is 1.80.